The number of nitrogens with zero attached hydrogens (tertiary/aromatic N) is 4. The summed E-state index contributed by atoms with van der Waals surface area (Å²) in [5.41, 5.74) is 2.20. The van der Waals surface area contributed by atoms with Crippen molar-refractivity contribution < 1.29 is 0 Å². The zero-order valence-electron chi connectivity index (χ0n) is 11.8. The summed E-state index contributed by atoms with van der Waals surface area (Å²) in [5, 5.41) is 7.71. The first kappa shape index (κ1) is 13.3. The van der Waals surface area contributed by atoms with Gasteiger partial charge < -0.3 is 5.32 Å². The van der Waals surface area contributed by atoms with E-state index in [1.807, 2.05) is 18.2 Å². The molecule has 0 radical (unpaired) electrons. The standard InChI is InChI=1S/C16H17N5/c1-2-14(13-7-4-3-5-8-13)20-15-9-6-10-18-16(15)21-12-17-11-19-21/h3-12,14,20H,2H2,1H3. The Morgan fingerprint density at radius 1 is 1.14 bits per heavy atom. The maximum absolute atomic E-state index is 4.40. The molecule has 1 N–H and O–H groups in total. The second-order valence-electron chi connectivity index (χ2n) is 4.73. The van der Waals surface area contributed by atoms with Gasteiger partial charge in [0.1, 0.15) is 12.7 Å². The van der Waals surface area contributed by atoms with Gasteiger partial charge in [0, 0.05) is 6.20 Å². The van der Waals surface area contributed by atoms with E-state index in [0.717, 1.165) is 17.9 Å². The SMILES string of the molecule is CCC(Nc1cccnc1-n1cncn1)c1ccccc1. The van der Waals surface area contributed by atoms with Gasteiger partial charge in [0.15, 0.2) is 5.82 Å². The van der Waals surface area contributed by atoms with Crippen LogP contribution >= 0.6 is 0 Å². The molecule has 1 aromatic carbocycles. The molecule has 106 valence electrons. The fourth-order valence-electron chi connectivity index (χ4n) is 2.30. The van der Waals surface area contributed by atoms with Crippen LogP contribution in [0.2, 0.25) is 0 Å². The second kappa shape index (κ2) is 6.17. The average molecular weight is 279 g/mol. The lowest BCUT2D eigenvalue weighted by Gasteiger charge is -2.20. The van der Waals surface area contributed by atoms with Crippen LogP contribution < -0.4 is 5.32 Å². The van der Waals surface area contributed by atoms with Gasteiger partial charge in [-0.15, -0.1) is 0 Å². The Labute approximate surface area is 123 Å². The summed E-state index contributed by atoms with van der Waals surface area (Å²) in [6, 6.07) is 14.6. The molecule has 3 aromatic rings. The highest BCUT2D eigenvalue weighted by atomic mass is 15.3. The molecule has 0 spiro atoms. The molecule has 1 atom stereocenters. The lowest BCUT2D eigenvalue weighted by Crippen LogP contribution is -2.12. The van der Waals surface area contributed by atoms with E-state index in [-0.39, 0.29) is 6.04 Å². The second-order valence-corrected chi connectivity index (χ2v) is 4.73. The van der Waals surface area contributed by atoms with Crippen molar-refractivity contribution in [3.8, 4) is 5.82 Å². The molecule has 5 heteroatoms. The van der Waals surface area contributed by atoms with Gasteiger partial charge in [0.05, 0.1) is 11.7 Å². The molecule has 0 aliphatic rings. The Balaban J connectivity index is 1.91. The number of benzene rings is 1. The molecule has 3 rings (SSSR count). The zero-order chi connectivity index (χ0) is 14.5. The molecule has 2 heterocycles. The predicted octanol–water partition coefficient (Wildman–Crippen LogP) is 3.23. The molecule has 0 saturated heterocycles. The van der Waals surface area contributed by atoms with Crippen LogP contribution in [0.4, 0.5) is 5.69 Å². The van der Waals surface area contributed by atoms with Crippen molar-refractivity contribution in [1.82, 2.24) is 19.7 Å². The largest absolute Gasteiger partial charge is 0.375 e. The topological polar surface area (TPSA) is 55.6 Å². The van der Waals surface area contributed by atoms with Crippen LogP contribution in [0.1, 0.15) is 24.9 Å². The van der Waals surface area contributed by atoms with Gasteiger partial charge in [0.25, 0.3) is 0 Å². The maximum atomic E-state index is 4.40. The van der Waals surface area contributed by atoms with Crippen LogP contribution in [0.5, 0.6) is 0 Å². The molecule has 0 fully saturated rings. The summed E-state index contributed by atoms with van der Waals surface area (Å²) < 4.78 is 1.67. The van der Waals surface area contributed by atoms with Crippen molar-refractivity contribution in [3.05, 3.63) is 66.9 Å². The van der Waals surface area contributed by atoms with Crippen LogP contribution in [0, 0.1) is 0 Å². The molecule has 0 aliphatic heterocycles. The van der Waals surface area contributed by atoms with Crippen molar-refractivity contribution in [2.75, 3.05) is 5.32 Å². The third-order valence-electron chi connectivity index (χ3n) is 3.36. The third-order valence-corrected chi connectivity index (χ3v) is 3.36. The van der Waals surface area contributed by atoms with Gasteiger partial charge >= 0.3 is 0 Å². The molecule has 5 nitrogen and oxygen atoms in total. The smallest absolute Gasteiger partial charge is 0.178 e. The van der Waals surface area contributed by atoms with Gasteiger partial charge in [0.2, 0.25) is 0 Å². The first-order chi connectivity index (χ1) is 10.4. The fraction of sp³-hybridized carbons (Fsp3) is 0.188. The Morgan fingerprint density at radius 2 is 2.00 bits per heavy atom. The highest BCUT2D eigenvalue weighted by Crippen LogP contribution is 2.25. The van der Waals surface area contributed by atoms with Gasteiger partial charge in [-0.3, -0.25) is 0 Å². The molecule has 0 bridgehead atoms. The van der Waals surface area contributed by atoms with Crippen LogP contribution in [0.3, 0.4) is 0 Å². The minimum absolute atomic E-state index is 0.234. The Bertz CT molecular complexity index is 679. The van der Waals surface area contributed by atoms with E-state index in [1.165, 1.54) is 11.9 Å². The van der Waals surface area contributed by atoms with Gasteiger partial charge in [-0.1, -0.05) is 37.3 Å². The summed E-state index contributed by atoms with van der Waals surface area (Å²) in [4.78, 5) is 8.38. The predicted molar refractivity (Wildman–Crippen MR) is 82.3 cm³/mol. The number of pyridine rings is 1. The Morgan fingerprint density at radius 3 is 2.71 bits per heavy atom. The summed E-state index contributed by atoms with van der Waals surface area (Å²) in [6.45, 7) is 2.16. The van der Waals surface area contributed by atoms with Crippen molar-refractivity contribution >= 4 is 5.69 Å². The van der Waals surface area contributed by atoms with Crippen LogP contribution in [0.15, 0.2) is 61.3 Å². The molecule has 0 aliphatic carbocycles. The monoisotopic (exact) mass is 279 g/mol. The van der Waals surface area contributed by atoms with Crippen molar-refractivity contribution in [2.24, 2.45) is 0 Å². The number of anilines is 1. The van der Waals surface area contributed by atoms with Crippen molar-refractivity contribution in [2.45, 2.75) is 19.4 Å². The lowest BCUT2D eigenvalue weighted by molar-refractivity contribution is 0.743. The van der Waals surface area contributed by atoms with E-state index < -0.39 is 0 Å². The lowest BCUT2D eigenvalue weighted by atomic mass is 10.0. The molecular weight excluding hydrogens is 262 g/mol. The Kier molecular flexibility index (Phi) is 3.91. The molecule has 0 saturated carbocycles. The summed E-state index contributed by atoms with van der Waals surface area (Å²) in [5.74, 6) is 0.754. The number of rotatable bonds is 5. The average Bonchev–Trinajstić information content (AvgIpc) is 3.08. The third kappa shape index (κ3) is 2.91. The minimum Gasteiger partial charge on any atom is -0.375 e. The van der Waals surface area contributed by atoms with E-state index in [4.69, 9.17) is 0 Å². The maximum Gasteiger partial charge on any atom is 0.178 e. The molecule has 0 amide bonds. The molecular formula is C16H17N5. The normalized spacial score (nSPS) is 12.0. The van der Waals surface area contributed by atoms with Gasteiger partial charge in [-0.05, 0) is 24.1 Å². The zero-order valence-corrected chi connectivity index (χ0v) is 11.8. The Hall–Kier alpha value is -2.69. The minimum atomic E-state index is 0.234. The van der Waals surface area contributed by atoms with Gasteiger partial charge in [-0.25, -0.2) is 14.6 Å². The number of nitrogens with one attached hydrogen (secondary N) is 1. The van der Waals surface area contributed by atoms with Gasteiger partial charge in [-0.2, -0.15) is 5.10 Å². The molecule has 1 unspecified atom stereocenters. The van der Waals surface area contributed by atoms with E-state index >= 15 is 0 Å². The summed E-state index contributed by atoms with van der Waals surface area (Å²) in [7, 11) is 0. The van der Waals surface area contributed by atoms with Crippen LogP contribution in [-0.2, 0) is 0 Å². The highest BCUT2D eigenvalue weighted by Gasteiger charge is 2.12. The van der Waals surface area contributed by atoms with Crippen LogP contribution in [-0.4, -0.2) is 19.7 Å². The highest BCUT2D eigenvalue weighted by molar-refractivity contribution is 5.57. The first-order valence-electron chi connectivity index (χ1n) is 7.00. The first-order valence-corrected chi connectivity index (χ1v) is 7.00. The summed E-state index contributed by atoms with van der Waals surface area (Å²) in [6.07, 6.45) is 5.89. The quantitative estimate of drug-likeness (QED) is 0.779. The van der Waals surface area contributed by atoms with E-state index in [1.54, 1.807) is 17.2 Å². The number of hydrogen-bond acceptors (Lipinski definition) is 4. The van der Waals surface area contributed by atoms with E-state index in [2.05, 4.69) is 51.6 Å². The molecule has 21 heavy (non-hydrogen) atoms. The molecule has 2 aromatic heterocycles. The fourth-order valence-corrected chi connectivity index (χ4v) is 2.30. The van der Waals surface area contributed by atoms with E-state index in [9.17, 15) is 0 Å². The van der Waals surface area contributed by atoms with Crippen LogP contribution in [0.25, 0.3) is 5.82 Å². The van der Waals surface area contributed by atoms with Crippen molar-refractivity contribution in [1.29, 1.82) is 0 Å². The number of hydrogen-bond donors (Lipinski definition) is 1. The van der Waals surface area contributed by atoms with E-state index in [0.29, 0.717) is 0 Å². The summed E-state index contributed by atoms with van der Waals surface area (Å²) >= 11 is 0. The van der Waals surface area contributed by atoms with Crippen molar-refractivity contribution in [3.63, 3.8) is 0 Å². The number of aromatic nitrogens is 4.